The number of carbonyl (C=O) groups is 2. The number of nitrogens with zero attached hydrogens (tertiary/aromatic N) is 2. The van der Waals surface area contributed by atoms with Crippen LogP contribution in [0, 0.1) is 5.92 Å². The molecule has 0 spiro atoms. The van der Waals surface area contributed by atoms with Crippen LogP contribution in [0.1, 0.15) is 18.4 Å². The van der Waals surface area contributed by atoms with E-state index in [0.717, 1.165) is 24.2 Å². The van der Waals surface area contributed by atoms with Gasteiger partial charge >= 0.3 is 0 Å². The molecule has 1 unspecified atom stereocenters. The molecule has 2 amide bonds. The van der Waals surface area contributed by atoms with Gasteiger partial charge in [-0.3, -0.25) is 9.59 Å². The SMILES string of the molecule is CN(C)c1ccc(NC(=O)C2CC(=O)N(CCCc3ccccc3)C2)cc1. The summed E-state index contributed by atoms with van der Waals surface area (Å²) in [6, 6.07) is 18.0. The Morgan fingerprint density at radius 2 is 1.81 bits per heavy atom. The summed E-state index contributed by atoms with van der Waals surface area (Å²) in [7, 11) is 3.95. The fourth-order valence-corrected chi connectivity index (χ4v) is 3.37. The molecule has 5 heteroatoms. The average molecular weight is 365 g/mol. The minimum atomic E-state index is -0.275. The second kappa shape index (κ2) is 8.71. The highest BCUT2D eigenvalue weighted by molar-refractivity contribution is 5.97. The van der Waals surface area contributed by atoms with Crippen LogP contribution < -0.4 is 10.2 Å². The molecule has 2 aromatic rings. The van der Waals surface area contributed by atoms with Crippen molar-refractivity contribution >= 4 is 23.2 Å². The Bertz CT molecular complexity index is 772. The molecule has 1 heterocycles. The van der Waals surface area contributed by atoms with E-state index in [1.165, 1.54) is 5.56 Å². The molecule has 1 fully saturated rings. The zero-order valence-corrected chi connectivity index (χ0v) is 16.0. The predicted octanol–water partition coefficient (Wildman–Crippen LogP) is 3.17. The summed E-state index contributed by atoms with van der Waals surface area (Å²) in [5.41, 5.74) is 3.12. The molecule has 1 aliphatic heterocycles. The number of carbonyl (C=O) groups excluding carboxylic acids is 2. The maximum absolute atomic E-state index is 12.5. The van der Waals surface area contributed by atoms with Gasteiger partial charge in [0.1, 0.15) is 0 Å². The first-order chi connectivity index (χ1) is 13.0. The van der Waals surface area contributed by atoms with E-state index in [0.29, 0.717) is 19.5 Å². The van der Waals surface area contributed by atoms with E-state index >= 15 is 0 Å². The van der Waals surface area contributed by atoms with E-state index in [-0.39, 0.29) is 17.7 Å². The average Bonchev–Trinajstić information content (AvgIpc) is 3.04. The van der Waals surface area contributed by atoms with Crippen molar-refractivity contribution < 1.29 is 9.59 Å². The number of anilines is 2. The number of likely N-dealkylation sites (tertiary alicyclic amines) is 1. The fourth-order valence-electron chi connectivity index (χ4n) is 3.37. The molecule has 0 aromatic heterocycles. The van der Waals surface area contributed by atoms with Crippen LogP contribution >= 0.6 is 0 Å². The lowest BCUT2D eigenvalue weighted by atomic mass is 10.1. The van der Waals surface area contributed by atoms with Gasteiger partial charge in [-0.25, -0.2) is 0 Å². The van der Waals surface area contributed by atoms with E-state index in [1.54, 1.807) is 0 Å². The monoisotopic (exact) mass is 365 g/mol. The quantitative estimate of drug-likeness (QED) is 0.820. The lowest BCUT2D eigenvalue weighted by Crippen LogP contribution is -2.29. The number of benzene rings is 2. The van der Waals surface area contributed by atoms with Crippen molar-refractivity contribution in [2.45, 2.75) is 19.3 Å². The highest BCUT2D eigenvalue weighted by atomic mass is 16.2. The Morgan fingerprint density at radius 1 is 1.11 bits per heavy atom. The van der Waals surface area contributed by atoms with Crippen LogP contribution in [0.4, 0.5) is 11.4 Å². The third-order valence-corrected chi connectivity index (χ3v) is 4.97. The zero-order valence-electron chi connectivity index (χ0n) is 16.0. The summed E-state index contributed by atoms with van der Waals surface area (Å²) >= 11 is 0. The van der Waals surface area contributed by atoms with Gasteiger partial charge in [0.15, 0.2) is 0 Å². The number of amides is 2. The topological polar surface area (TPSA) is 52.7 Å². The second-order valence-corrected chi connectivity index (χ2v) is 7.26. The van der Waals surface area contributed by atoms with E-state index in [9.17, 15) is 9.59 Å². The van der Waals surface area contributed by atoms with Crippen molar-refractivity contribution in [1.82, 2.24) is 4.90 Å². The molecule has 1 aliphatic rings. The molecule has 5 nitrogen and oxygen atoms in total. The van der Waals surface area contributed by atoms with Gasteiger partial charge in [-0.1, -0.05) is 30.3 Å². The molecule has 0 radical (unpaired) electrons. The van der Waals surface area contributed by atoms with Crippen LogP contribution in [0.2, 0.25) is 0 Å². The van der Waals surface area contributed by atoms with Crippen molar-refractivity contribution in [2.24, 2.45) is 5.92 Å². The minimum absolute atomic E-state index is 0.0752. The molecule has 0 aliphatic carbocycles. The predicted molar refractivity (Wildman–Crippen MR) is 109 cm³/mol. The third kappa shape index (κ3) is 5.09. The molecule has 3 rings (SSSR count). The Hall–Kier alpha value is -2.82. The lowest BCUT2D eigenvalue weighted by Gasteiger charge is -2.17. The molecule has 2 aromatic carbocycles. The molecule has 1 atom stereocenters. The van der Waals surface area contributed by atoms with E-state index in [1.807, 2.05) is 66.4 Å². The highest BCUT2D eigenvalue weighted by Gasteiger charge is 2.33. The Labute approximate surface area is 161 Å². The molecule has 1 saturated heterocycles. The summed E-state index contributed by atoms with van der Waals surface area (Å²) in [5, 5.41) is 2.94. The van der Waals surface area contributed by atoms with E-state index in [4.69, 9.17) is 0 Å². The van der Waals surface area contributed by atoms with Gasteiger partial charge in [0.05, 0.1) is 5.92 Å². The van der Waals surface area contributed by atoms with Crippen LogP contribution in [0.5, 0.6) is 0 Å². The van der Waals surface area contributed by atoms with Gasteiger partial charge in [0.25, 0.3) is 0 Å². The van der Waals surface area contributed by atoms with Gasteiger partial charge in [0, 0.05) is 45.0 Å². The number of hydrogen-bond acceptors (Lipinski definition) is 3. The van der Waals surface area contributed by atoms with Gasteiger partial charge in [0.2, 0.25) is 11.8 Å². The van der Waals surface area contributed by atoms with Crippen LogP contribution in [0.15, 0.2) is 54.6 Å². The Kier molecular flexibility index (Phi) is 6.12. The molecule has 142 valence electrons. The summed E-state index contributed by atoms with van der Waals surface area (Å²) in [4.78, 5) is 28.6. The van der Waals surface area contributed by atoms with Gasteiger partial charge < -0.3 is 15.1 Å². The van der Waals surface area contributed by atoms with Crippen molar-refractivity contribution in [1.29, 1.82) is 0 Å². The molecule has 0 saturated carbocycles. The first kappa shape index (κ1) is 19.0. The van der Waals surface area contributed by atoms with Gasteiger partial charge in [-0.2, -0.15) is 0 Å². The summed E-state index contributed by atoms with van der Waals surface area (Å²) in [5.74, 6) is -0.277. The van der Waals surface area contributed by atoms with Gasteiger partial charge in [-0.15, -0.1) is 0 Å². The summed E-state index contributed by atoms with van der Waals surface area (Å²) in [6.45, 7) is 1.21. The first-order valence-corrected chi connectivity index (χ1v) is 9.43. The van der Waals surface area contributed by atoms with E-state index in [2.05, 4.69) is 17.4 Å². The molecule has 1 N–H and O–H groups in total. The van der Waals surface area contributed by atoms with Crippen LogP contribution in [0.25, 0.3) is 0 Å². The Morgan fingerprint density at radius 3 is 2.48 bits per heavy atom. The van der Waals surface area contributed by atoms with Crippen LogP contribution in [-0.4, -0.2) is 43.9 Å². The number of aryl methyl sites for hydroxylation is 1. The van der Waals surface area contributed by atoms with Crippen LogP contribution in [0.3, 0.4) is 0 Å². The lowest BCUT2D eigenvalue weighted by molar-refractivity contribution is -0.128. The van der Waals surface area contributed by atoms with Gasteiger partial charge in [-0.05, 0) is 42.7 Å². The zero-order chi connectivity index (χ0) is 19.2. The van der Waals surface area contributed by atoms with Crippen molar-refractivity contribution in [3.05, 3.63) is 60.2 Å². The maximum Gasteiger partial charge on any atom is 0.229 e. The fraction of sp³-hybridized carbons (Fsp3) is 0.364. The second-order valence-electron chi connectivity index (χ2n) is 7.26. The van der Waals surface area contributed by atoms with Crippen molar-refractivity contribution in [3.8, 4) is 0 Å². The summed E-state index contributed by atoms with van der Waals surface area (Å²) in [6.07, 6.45) is 2.16. The Balaban J connectivity index is 1.48. The minimum Gasteiger partial charge on any atom is -0.378 e. The largest absolute Gasteiger partial charge is 0.378 e. The molecular formula is C22H27N3O2. The van der Waals surface area contributed by atoms with E-state index < -0.39 is 0 Å². The van der Waals surface area contributed by atoms with Crippen molar-refractivity contribution in [2.75, 3.05) is 37.4 Å². The molecular weight excluding hydrogens is 338 g/mol. The third-order valence-electron chi connectivity index (χ3n) is 4.97. The maximum atomic E-state index is 12.5. The highest BCUT2D eigenvalue weighted by Crippen LogP contribution is 2.22. The summed E-state index contributed by atoms with van der Waals surface area (Å²) < 4.78 is 0. The molecule has 0 bridgehead atoms. The number of hydrogen-bond donors (Lipinski definition) is 1. The van der Waals surface area contributed by atoms with Crippen LogP contribution in [-0.2, 0) is 16.0 Å². The number of rotatable bonds is 7. The molecule has 27 heavy (non-hydrogen) atoms. The van der Waals surface area contributed by atoms with Crippen molar-refractivity contribution in [3.63, 3.8) is 0 Å². The first-order valence-electron chi connectivity index (χ1n) is 9.43. The smallest absolute Gasteiger partial charge is 0.229 e. The number of nitrogens with one attached hydrogen (secondary N) is 1. The standard InChI is InChI=1S/C22H27N3O2/c1-24(2)20-12-10-19(11-13-20)23-22(27)18-15-21(26)25(16-18)14-6-9-17-7-4-3-5-8-17/h3-5,7-8,10-13,18H,6,9,14-16H2,1-2H3,(H,23,27). The normalized spacial score (nSPS) is 16.4.